The molecule has 0 unspecified atom stereocenters. The van der Waals surface area contributed by atoms with Gasteiger partial charge in [-0.05, 0) is 75.2 Å². The number of rotatable bonds is 2. The van der Waals surface area contributed by atoms with Crippen LogP contribution in [0, 0.1) is 17.8 Å². The van der Waals surface area contributed by atoms with Crippen molar-refractivity contribution in [3.63, 3.8) is 0 Å². The van der Waals surface area contributed by atoms with Crippen molar-refractivity contribution in [1.29, 1.82) is 0 Å². The number of ketones is 2. The smallest absolute Gasteiger partial charge is 0.328 e. The average Bonchev–Trinajstić information content (AvgIpc) is 3.10. The Morgan fingerprint density at radius 1 is 1.14 bits per heavy atom. The molecule has 5 rings (SSSR count). The van der Waals surface area contributed by atoms with E-state index in [0.717, 1.165) is 0 Å². The number of nitrogens with zero attached hydrogens (tertiary/aromatic N) is 1. The third-order valence-corrected chi connectivity index (χ3v) is 9.65. The fourth-order valence-corrected chi connectivity index (χ4v) is 6.87. The number of carbonyl (C=O) groups is 5. The van der Waals surface area contributed by atoms with Gasteiger partial charge in [-0.3, -0.25) is 19.2 Å². The molecular formula is C25H20Br2N2O7. The van der Waals surface area contributed by atoms with E-state index in [4.69, 9.17) is 10.5 Å². The van der Waals surface area contributed by atoms with E-state index in [1.165, 1.54) is 13.2 Å². The summed E-state index contributed by atoms with van der Waals surface area (Å²) < 4.78 is 6.08. The average molecular weight is 620 g/mol. The first-order valence-electron chi connectivity index (χ1n) is 11.1. The predicted octanol–water partition coefficient (Wildman–Crippen LogP) is 3.43. The summed E-state index contributed by atoms with van der Waals surface area (Å²) in [5, 5.41) is 10.5. The summed E-state index contributed by atoms with van der Waals surface area (Å²) in [4.78, 5) is 65.1. The predicted molar refractivity (Wildman–Crippen MR) is 133 cm³/mol. The number of Topliss-reactive ketones (excluding diaryl/α,β-unsaturated/α-hetero) is 1. The molecule has 11 heteroatoms. The van der Waals surface area contributed by atoms with Gasteiger partial charge in [-0.1, -0.05) is 11.6 Å². The van der Waals surface area contributed by atoms with E-state index < -0.39 is 41.5 Å². The van der Waals surface area contributed by atoms with Crippen molar-refractivity contribution in [2.24, 2.45) is 23.5 Å². The number of ether oxygens (including phenoxy) is 1. The van der Waals surface area contributed by atoms with Crippen molar-refractivity contribution >= 4 is 61.3 Å². The van der Waals surface area contributed by atoms with Gasteiger partial charge >= 0.3 is 6.03 Å². The number of carbonyl (C=O) groups excluding carboxylic acids is 5. The summed E-state index contributed by atoms with van der Waals surface area (Å²) in [5.74, 6) is -5.02. The van der Waals surface area contributed by atoms with Crippen LogP contribution in [0.5, 0.6) is 11.5 Å². The summed E-state index contributed by atoms with van der Waals surface area (Å²) in [5.41, 5.74) is 7.42. The molecule has 1 heterocycles. The largest absolute Gasteiger partial charge is 0.503 e. The fourth-order valence-electron chi connectivity index (χ4n) is 5.91. The van der Waals surface area contributed by atoms with Crippen LogP contribution in [0.4, 0.5) is 4.79 Å². The number of benzene rings is 1. The van der Waals surface area contributed by atoms with Crippen LogP contribution in [-0.2, 0) is 19.2 Å². The first-order valence-corrected chi connectivity index (χ1v) is 12.7. The maximum Gasteiger partial charge on any atom is 0.328 e. The van der Waals surface area contributed by atoms with E-state index in [0.29, 0.717) is 36.1 Å². The summed E-state index contributed by atoms with van der Waals surface area (Å²) in [6.45, 7) is 1.57. The lowest BCUT2D eigenvalue weighted by atomic mass is 9.59. The molecule has 3 aliphatic carbocycles. The highest BCUT2D eigenvalue weighted by Crippen LogP contribution is 2.57. The van der Waals surface area contributed by atoms with Crippen LogP contribution in [0.15, 0.2) is 49.5 Å². The van der Waals surface area contributed by atoms with E-state index in [1.807, 2.05) is 6.08 Å². The van der Waals surface area contributed by atoms with Crippen LogP contribution in [0.25, 0.3) is 0 Å². The van der Waals surface area contributed by atoms with Gasteiger partial charge < -0.3 is 15.6 Å². The topological polar surface area (TPSA) is 144 Å². The molecule has 0 aromatic heterocycles. The highest BCUT2D eigenvalue weighted by atomic mass is 79.9. The van der Waals surface area contributed by atoms with Crippen molar-refractivity contribution in [3.05, 3.63) is 55.0 Å². The molecule has 0 saturated carbocycles. The summed E-state index contributed by atoms with van der Waals surface area (Å²) in [6, 6.07) is 0.447. The number of hydrogen-bond donors (Lipinski definition) is 2. The van der Waals surface area contributed by atoms with Crippen LogP contribution in [0.1, 0.15) is 31.2 Å². The molecule has 4 amide bonds. The SMILES string of the molecule is COc1cc([C@H]2C3=CC[C@@H]4C(=O)N(C(N)=O)C(=O)[C@@H]4[C@@H]3CC3=C2C(=O)C(C)=CC3=O)c(Br)c(Br)c1O. The Morgan fingerprint density at radius 3 is 2.47 bits per heavy atom. The van der Waals surface area contributed by atoms with E-state index in [-0.39, 0.29) is 41.5 Å². The monoisotopic (exact) mass is 618 g/mol. The minimum absolute atomic E-state index is 0.0762. The molecule has 9 nitrogen and oxygen atoms in total. The van der Waals surface area contributed by atoms with Gasteiger partial charge in [0.05, 0.1) is 23.4 Å². The Balaban J connectivity index is 1.76. The second-order valence-electron chi connectivity index (χ2n) is 9.22. The Kier molecular flexibility index (Phi) is 5.83. The number of urea groups is 1. The van der Waals surface area contributed by atoms with E-state index in [1.54, 1.807) is 13.0 Å². The summed E-state index contributed by atoms with van der Waals surface area (Å²) >= 11 is 6.86. The van der Waals surface area contributed by atoms with Crippen LogP contribution >= 0.6 is 31.9 Å². The summed E-state index contributed by atoms with van der Waals surface area (Å²) in [6.07, 6.45) is 3.36. The Morgan fingerprint density at radius 2 is 1.83 bits per heavy atom. The maximum atomic E-state index is 13.5. The minimum atomic E-state index is -1.13. The zero-order chi connectivity index (χ0) is 26.2. The van der Waals surface area contributed by atoms with Gasteiger partial charge in [0, 0.05) is 27.1 Å². The molecule has 186 valence electrons. The number of methoxy groups -OCH3 is 1. The Hall–Kier alpha value is -3.05. The molecule has 0 bridgehead atoms. The second kappa shape index (κ2) is 8.52. The Bertz CT molecular complexity index is 1410. The zero-order valence-electron chi connectivity index (χ0n) is 19.1. The number of halogens is 2. The fraction of sp³-hybridized carbons (Fsp3) is 0.320. The van der Waals surface area contributed by atoms with Crippen LogP contribution in [-0.4, -0.2) is 46.5 Å². The lowest BCUT2D eigenvalue weighted by Crippen LogP contribution is -2.42. The first-order chi connectivity index (χ1) is 17.0. The third-order valence-electron chi connectivity index (χ3n) is 7.49. The van der Waals surface area contributed by atoms with Crippen LogP contribution in [0.3, 0.4) is 0 Å². The number of amides is 4. The lowest BCUT2D eigenvalue weighted by Gasteiger charge is -2.42. The first kappa shape index (κ1) is 24.6. The number of allylic oxidation sites excluding steroid dienone is 6. The summed E-state index contributed by atoms with van der Waals surface area (Å²) in [7, 11) is 1.39. The van der Waals surface area contributed by atoms with Crippen molar-refractivity contribution < 1.29 is 33.8 Å². The zero-order valence-corrected chi connectivity index (χ0v) is 22.3. The number of phenolic OH excluding ortho intramolecular Hbond substituents is 1. The maximum absolute atomic E-state index is 13.5. The van der Waals surface area contributed by atoms with Crippen molar-refractivity contribution in [1.82, 2.24) is 4.90 Å². The van der Waals surface area contributed by atoms with Crippen molar-refractivity contribution in [2.75, 3.05) is 7.11 Å². The number of nitrogens with two attached hydrogens (primary N) is 1. The standard InChI is InChI=1S/C25H20Br2N2O7/c1-8-5-14(30)12-6-11-9(3-4-10-17(11)24(34)29(23(10)33)25(28)35)16(18(12)21(8)31)13-7-15(36-2)22(32)20(27)19(13)26/h3,5,7,10-11,16-17,32H,4,6H2,1-2H3,(H2,28,35)/t10-,11+,16+,17-/m0/s1. The third kappa shape index (κ3) is 3.28. The number of primary amides is 1. The van der Waals surface area contributed by atoms with Gasteiger partial charge in [-0.2, -0.15) is 4.90 Å². The van der Waals surface area contributed by atoms with Crippen LogP contribution in [0.2, 0.25) is 0 Å². The van der Waals surface area contributed by atoms with Crippen molar-refractivity contribution in [3.8, 4) is 11.5 Å². The normalized spacial score (nSPS) is 27.4. The highest BCUT2D eigenvalue weighted by Gasteiger charge is 2.57. The molecule has 1 aromatic rings. The molecule has 1 saturated heterocycles. The number of fused-ring (bicyclic) bond motifs is 3. The number of likely N-dealkylation sites (tertiary alicyclic amines) is 1. The molecule has 36 heavy (non-hydrogen) atoms. The second-order valence-corrected chi connectivity index (χ2v) is 10.8. The van der Waals surface area contributed by atoms with E-state index in [2.05, 4.69) is 31.9 Å². The van der Waals surface area contributed by atoms with Gasteiger partial charge in [-0.25, -0.2) is 4.79 Å². The van der Waals surface area contributed by atoms with Gasteiger partial charge in [0.2, 0.25) is 11.8 Å². The van der Waals surface area contributed by atoms with Crippen LogP contribution < -0.4 is 10.5 Å². The quantitative estimate of drug-likeness (QED) is 0.293. The number of aromatic hydroxyl groups is 1. The molecule has 0 radical (unpaired) electrons. The van der Waals surface area contributed by atoms with Gasteiger partial charge in [0.1, 0.15) is 0 Å². The van der Waals surface area contributed by atoms with Gasteiger partial charge in [0.25, 0.3) is 0 Å². The van der Waals surface area contributed by atoms with E-state index in [9.17, 15) is 29.1 Å². The molecule has 4 atom stereocenters. The number of hydrogen-bond acceptors (Lipinski definition) is 7. The molecule has 1 aromatic carbocycles. The molecule has 4 aliphatic rings. The lowest BCUT2D eigenvalue weighted by molar-refractivity contribution is -0.136. The number of imide groups is 3. The molecule has 0 spiro atoms. The highest BCUT2D eigenvalue weighted by molar-refractivity contribution is 9.13. The molecular weight excluding hydrogens is 600 g/mol. The van der Waals surface area contributed by atoms with Gasteiger partial charge in [-0.15, -0.1) is 0 Å². The molecule has 1 fully saturated rings. The molecule has 3 N–H and O–H groups in total. The number of phenols is 1. The van der Waals surface area contributed by atoms with Gasteiger partial charge in [0.15, 0.2) is 23.1 Å². The molecule has 1 aliphatic heterocycles. The van der Waals surface area contributed by atoms with E-state index >= 15 is 0 Å². The van der Waals surface area contributed by atoms with Crippen molar-refractivity contribution in [2.45, 2.75) is 25.7 Å². The minimum Gasteiger partial charge on any atom is -0.503 e. The Labute approximate surface area is 222 Å².